The van der Waals surface area contributed by atoms with Crippen LogP contribution in [0.2, 0.25) is 0 Å². The van der Waals surface area contributed by atoms with Crippen molar-refractivity contribution in [2.45, 2.75) is 19.6 Å². The maximum Gasteiger partial charge on any atom is 0.100 e. The van der Waals surface area contributed by atoms with Gasteiger partial charge in [-0.3, -0.25) is 0 Å². The molecule has 0 unspecified atom stereocenters. The zero-order valence-electron chi connectivity index (χ0n) is 33.6. The fourth-order valence-corrected chi connectivity index (χ4v) is 11.2. The van der Waals surface area contributed by atoms with Gasteiger partial charge in [0.25, 0.3) is 0 Å². The monoisotopic (exact) mass is 839 g/mol. The summed E-state index contributed by atoms with van der Waals surface area (Å²) < 4.78 is 7.38. The molecule has 3 aromatic heterocycles. The van der Waals surface area contributed by atoms with Crippen molar-refractivity contribution in [3.05, 3.63) is 211 Å². The zero-order chi connectivity index (χ0) is 42.0. The minimum absolute atomic E-state index is 0.670. The van der Waals surface area contributed by atoms with E-state index >= 15 is 0 Å². The van der Waals surface area contributed by atoms with Crippen molar-refractivity contribution in [3.8, 4) is 29.2 Å². The number of para-hydroxylation sites is 4. The third-order valence-electron chi connectivity index (χ3n) is 12.0. The second kappa shape index (κ2) is 14.9. The number of hydrogen-bond acceptors (Lipinski definition) is 4. The Labute approximate surface area is 371 Å². The fraction of sp³-hybridized carbons (Fsp3) is 0. The molecule has 3 heterocycles. The number of rotatable bonds is 7. The maximum absolute atomic E-state index is 9.82. The highest BCUT2D eigenvalue weighted by Gasteiger charge is 2.28. The highest BCUT2D eigenvalue weighted by atomic mass is 32.2. The van der Waals surface area contributed by atoms with Crippen LogP contribution in [0.3, 0.4) is 0 Å². The predicted molar refractivity (Wildman–Crippen MR) is 260 cm³/mol. The molecule has 0 aliphatic rings. The Kier molecular flexibility index (Phi) is 8.72. The lowest BCUT2D eigenvalue weighted by atomic mass is 10.0. The molecule has 0 bridgehead atoms. The second-order valence-electron chi connectivity index (χ2n) is 15.5. The lowest BCUT2D eigenvalue weighted by molar-refractivity contribution is 1.16. The topological polar surface area (TPSA) is 62.4 Å². The summed E-state index contributed by atoms with van der Waals surface area (Å²) in [6, 6.07) is 74.9. The molecule has 0 radical (unpaired) electrons. The number of benzene rings is 9. The van der Waals surface area contributed by atoms with Gasteiger partial charge in [-0.2, -0.15) is 10.5 Å². The second-order valence-corrected chi connectivity index (χ2v) is 17.7. The van der Waals surface area contributed by atoms with E-state index in [0.29, 0.717) is 11.1 Å². The van der Waals surface area contributed by atoms with Gasteiger partial charge in [0, 0.05) is 69.0 Å². The Morgan fingerprint density at radius 2 is 0.635 bits per heavy atom. The van der Waals surface area contributed by atoms with Gasteiger partial charge in [-0.15, -0.1) is 0 Å². The van der Waals surface area contributed by atoms with Crippen LogP contribution in [0, 0.1) is 22.7 Å². The van der Waals surface area contributed by atoms with Gasteiger partial charge < -0.3 is 13.7 Å². The SMILES string of the molecule is N#Cc1ccccc1Sc1ccc(-n2c3ccccc3c3c4c(c5ccccc5n4-c4ccccc4)c4c(c5ccccc5n4-c4ccc(Sc5ccccc5C#N)cc4)c32)cc1. The van der Waals surface area contributed by atoms with Crippen LogP contribution in [0.1, 0.15) is 11.1 Å². The highest BCUT2D eigenvalue weighted by Crippen LogP contribution is 2.50. The van der Waals surface area contributed by atoms with Crippen LogP contribution in [0.15, 0.2) is 220 Å². The Bertz CT molecular complexity index is 3730. The van der Waals surface area contributed by atoms with Gasteiger partial charge in [-0.1, -0.05) is 121 Å². The van der Waals surface area contributed by atoms with Crippen LogP contribution < -0.4 is 0 Å². The summed E-state index contributed by atoms with van der Waals surface area (Å²) in [5.74, 6) is 0. The Morgan fingerprint density at radius 3 is 1.02 bits per heavy atom. The quantitative estimate of drug-likeness (QED) is 0.160. The van der Waals surface area contributed by atoms with Crippen molar-refractivity contribution in [1.82, 2.24) is 13.7 Å². The molecule has 0 N–H and O–H groups in total. The van der Waals surface area contributed by atoms with E-state index in [1.54, 1.807) is 23.5 Å². The van der Waals surface area contributed by atoms with Gasteiger partial charge >= 0.3 is 0 Å². The molecule has 0 aliphatic heterocycles. The molecule has 0 aliphatic carbocycles. The van der Waals surface area contributed by atoms with Gasteiger partial charge in [0.1, 0.15) is 12.1 Å². The van der Waals surface area contributed by atoms with Gasteiger partial charge in [0.05, 0.1) is 44.2 Å². The fourth-order valence-electron chi connectivity index (χ4n) is 9.41. The average molecular weight is 840 g/mol. The minimum Gasteiger partial charge on any atom is -0.308 e. The summed E-state index contributed by atoms with van der Waals surface area (Å²) in [5, 5.41) is 26.7. The molecule has 294 valence electrons. The molecular formula is C56H33N5S2. The first-order valence-corrected chi connectivity index (χ1v) is 22.3. The summed E-state index contributed by atoms with van der Waals surface area (Å²) in [6.45, 7) is 0. The summed E-state index contributed by atoms with van der Waals surface area (Å²) in [5.41, 5.74) is 11.4. The number of hydrogen-bond donors (Lipinski definition) is 0. The largest absolute Gasteiger partial charge is 0.308 e. The Hall–Kier alpha value is -7.94. The molecule has 0 saturated carbocycles. The van der Waals surface area contributed by atoms with E-state index in [2.05, 4.69) is 177 Å². The summed E-state index contributed by atoms with van der Waals surface area (Å²) in [7, 11) is 0. The molecule has 12 aromatic rings. The van der Waals surface area contributed by atoms with Crippen LogP contribution in [0.25, 0.3) is 82.5 Å². The lowest BCUT2D eigenvalue weighted by Crippen LogP contribution is -1.98. The van der Waals surface area contributed by atoms with Gasteiger partial charge in [-0.25, -0.2) is 0 Å². The van der Waals surface area contributed by atoms with Crippen LogP contribution in [0.5, 0.6) is 0 Å². The van der Waals surface area contributed by atoms with E-state index in [1.165, 1.54) is 32.3 Å². The van der Waals surface area contributed by atoms with E-state index < -0.39 is 0 Å². The van der Waals surface area contributed by atoms with Crippen molar-refractivity contribution < 1.29 is 0 Å². The number of nitriles is 2. The molecule has 63 heavy (non-hydrogen) atoms. The molecule has 5 nitrogen and oxygen atoms in total. The molecule has 9 aromatic carbocycles. The number of nitrogens with zero attached hydrogens (tertiary/aromatic N) is 5. The highest BCUT2D eigenvalue weighted by molar-refractivity contribution is 7.99. The van der Waals surface area contributed by atoms with Gasteiger partial charge in [0.2, 0.25) is 0 Å². The van der Waals surface area contributed by atoms with Crippen LogP contribution in [0.4, 0.5) is 0 Å². The molecule has 0 spiro atoms. The van der Waals surface area contributed by atoms with Gasteiger partial charge in [-0.05, 0) is 103 Å². The lowest BCUT2D eigenvalue weighted by Gasteiger charge is -2.14. The molecule has 7 heteroatoms. The van der Waals surface area contributed by atoms with E-state index in [0.717, 1.165) is 69.7 Å². The summed E-state index contributed by atoms with van der Waals surface area (Å²) in [4.78, 5) is 4.00. The number of aromatic nitrogens is 3. The molecule has 0 fully saturated rings. The van der Waals surface area contributed by atoms with Crippen molar-refractivity contribution in [3.63, 3.8) is 0 Å². The van der Waals surface area contributed by atoms with E-state index in [9.17, 15) is 10.5 Å². The van der Waals surface area contributed by atoms with Crippen molar-refractivity contribution in [2.75, 3.05) is 0 Å². The van der Waals surface area contributed by atoms with Crippen LogP contribution in [-0.4, -0.2) is 13.7 Å². The first-order valence-electron chi connectivity index (χ1n) is 20.7. The van der Waals surface area contributed by atoms with Crippen molar-refractivity contribution >= 4 is 88.9 Å². The van der Waals surface area contributed by atoms with Crippen molar-refractivity contribution in [2.24, 2.45) is 0 Å². The molecule has 0 saturated heterocycles. The Morgan fingerprint density at radius 1 is 0.317 bits per heavy atom. The first-order chi connectivity index (χ1) is 31.2. The van der Waals surface area contributed by atoms with E-state index in [1.807, 2.05) is 48.5 Å². The Balaban J connectivity index is 1.21. The molecular weight excluding hydrogens is 807 g/mol. The summed E-state index contributed by atoms with van der Waals surface area (Å²) >= 11 is 3.22. The maximum atomic E-state index is 9.82. The first kappa shape index (κ1) is 36.9. The normalized spacial score (nSPS) is 11.6. The third-order valence-corrected chi connectivity index (χ3v) is 14.2. The van der Waals surface area contributed by atoms with E-state index in [4.69, 9.17) is 0 Å². The third kappa shape index (κ3) is 5.79. The van der Waals surface area contributed by atoms with E-state index in [-0.39, 0.29) is 0 Å². The average Bonchev–Trinajstić information content (AvgIpc) is 3.99. The standard InChI is InChI=1S/C56H33N5S2/c57-34-36-14-4-12-24-49(36)62-41-30-26-39(27-31-41)60-47-22-10-7-19-44(47)52-54-51(43-18-6-9-21-46(43)59(54)38-16-2-1-3-17-38)55-53(56(52)60)45-20-8-11-23-48(45)61(55)40-28-32-42(33-29-40)63-50-25-13-5-15-37(50)35-58/h1-33H. The minimum atomic E-state index is 0.670. The molecule has 0 amide bonds. The molecule has 0 atom stereocenters. The van der Waals surface area contributed by atoms with Crippen LogP contribution in [-0.2, 0) is 0 Å². The number of fused-ring (bicyclic) bond motifs is 12. The van der Waals surface area contributed by atoms with Gasteiger partial charge in [0.15, 0.2) is 0 Å². The van der Waals surface area contributed by atoms with Crippen molar-refractivity contribution in [1.29, 1.82) is 10.5 Å². The van der Waals surface area contributed by atoms with Crippen LogP contribution >= 0.6 is 23.5 Å². The zero-order valence-corrected chi connectivity index (χ0v) is 35.2. The smallest absolute Gasteiger partial charge is 0.100 e. The summed E-state index contributed by atoms with van der Waals surface area (Å²) in [6.07, 6.45) is 0. The predicted octanol–water partition coefficient (Wildman–Crippen LogP) is 15.0. The molecule has 12 rings (SSSR count).